The molecule has 1 saturated carbocycles. The van der Waals surface area contributed by atoms with Crippen molar-refractivity contribution in [2.75, 3.05) is 13.7 Å². The van der Waals surface area contributed by atoms with Crippen LogP contribution in [0.4, 0.5) is 0 Å². The molecular formula is C13H20ClNO2. The fourth-order valence-electron chi connectivity index (χ4n) is 1.58. The number of hydrogen-bond donors (Lipinski definition) is 1. The second kappa shape index (κ2) is 5.61. The average Bonchev–Trinajstić information content (AvgIpc) is 3.05. The molecule has 0 saturated heterocycles. The number of nitrogens with two attached hydrogens (primary N) is 1. The first-order valence-corrected chi connectivity index (χ1v) is 5.75. The van der Waals surface area contributed by atoms with Crippen LogP contribution in [0, 0.1) is 0 Å². The van der Waals surface area contributed by atoms with Crippen LogP contribution in [0.25, 0.3) is 0 Å². The lowest BCUT2D eigenvalue weighted by atomic mass is 10.1. The molecule has 3 nitrogen and oxygen atoms in total. The Morgan fingerprint density at radius 3 is 2.53 bits per heavy atom. The van der Waals surface area contributed by atoms with E-state index in [0.29, 0.717) is 6.61 Å². The SMILES string of the molecule is CCc1ccc(OCC2(N)CC2)c(OC)c1.Cl. The molecule has 17 heavy (non-hydrogen) atoms. The Morgan fingerprint density at radius 2 is 2.00 bits per heavy atom. The molecule has 0 amide bonds. The summed E-state index contributed by atoms with van der Waals surface area (Å²) in [6.07, 6.45) is 3.11. The zero-order valence-corrected chi connectivity index (χ0v) is 11.2. The fraction of sp³-hybridized carbons (Fsp3) is 0.538. The van der Waals surface area contributed by atoms with E-state index in [1.165, 1.54) is 5.56 Å². The Hall–Kier alpha value is -0.930. The van der Waals surface area contributed by atoms with Gasteiger partial charge in [0.05, 0.1) is 12.6 Å². The van der Waals surface area contributed by atoms with E-state index in [1.807, 2.05) is 12.1 Å². The van der Waals surface area contributed by atoms with Gasteiger partial charge in [0, 0.05) is 0 Å². The van der Waals surface area contributed by atoms with E-state index in [4.69, 9.17) is 15.2 Å². The predicted molar refractivity (Wildman–Crippen MR) is 71.3 cm³/mol. The Kier molecular flexibility index (Phi) is 4.66. The van der Waals surface area contributed by atoms with Gasteiger partial charge in [0.2, 0.25) is 0 Å². The van der Waals surface area contributed by atoms with E-state index >= 15 is 0 Å². The van der Waals surface area contributed by atoms with E-state index in [1.54, 1.807) is 7.11 Å². The minimum atomic E-state index is -0.0889. The van der Waals surface area contributed by atoms with Gasteiger partial charge < -0.3 is 15.2 Å². The monoisotopic (exact) mass is 257 g/mol. The van der Waals surface area contributed by atoms with Crippen molar-refractivity contribution in [2.45, 2.75) is 31.7 Å². The standard InChI is InChI=1S/C13H19NO2.ClH/c1-3-10-4-5-11(12(8-10)15-2)16-9-13(14)6-7-13;/h4-5,8H,3,6-7,9,14H2,1-2H3;1H. The van der Waals surface area contributed by atoms with Crippen molar-refractivity contribution in [1.82, 2.24) is 0 Å². The summed E-state index contributed by atoms with van der Waals surface area (Å²) >= 11 is 0. The maximum absolute atomic E-state index is 5.98. The lowest BCUT2D eigenvalue weighted by molar-refractivity contribution is 0.264. The van der Waals surface area contributed by atoms with E-state index in [2.05, 4.69) is 13.0 Å². The smallest absolute Gasteiger partial charge is 0.161 e. The van der Waals surface area contributed by atoms with E-state index in [-0.39, 0.29) is 17.9 Å². The molecule has 0 heterocycles. The molecule has 4 heteroatoms. The molecule has 1 aromatic rings. The molecule has 0 atom stereocenters. The highest BCUT2D eigenvalue weighted by Gasteiger charge is 2.39. The van der Waals surface area contributed by atoms with Crippen molar-refractivity contribution in [2.24, 2.45) is 5.73 Å². The highest BCUT2D eigenvalue weighted by molar-refractivity contribution is 5.85. The van der Waals surface area contributed by atoms with Crippen molar-refractivity contribution in [1.29, 1.82) is 0 Å². The minimum absolute atomic E-state index is 0. The van der Waals surface area contributed by atoms with Gasteiger partial charge in [-0.2, -0.15) is 0 Å². The largest absolute Gasteiger partial charge is 0.493 e. The summed E-state index contributed by atoms with van der Waals surface area (Å²) in [4.78, 5) is 0. The molecule has 2 N–H and O–H groups in total. The van der Waals surface area contributed by atoms with E-state index in [9.17, 15) is 0 Å². The molecule has 1 aliphatic carbocycles. The van der Waals surface area contributed by atoms with Gasteiger partial charge in [-0.1, -0.05) is 13.0 Å². The molecule has 1 aromatic carbocycles. The summed E-state index contributed by atoms with van der Waals surface area (Å²) < 4.78 is 11.0. The van der Waals surface area contributed by atoms with Gasteiger partial charge in [-0.3, -0.25) is 0 Å². The Balaban J connectivity index is 0.00000144. The highest BCUT2D eigenvalue weighted by atomic mass is 35.5. The molecule has 0 unspecified atom stereocenters. The van der Waals surface area contributed by atoms with Crippen LogP contribution in [0.15, 0.2) is 18.2 Å². The summed E-state index contributed by atoms with van der Waals surface area (Å²) in [6.45, 7) is 2.70. The van der Waals surface area contributed by atoms with Crippen LogP contribution in [0.1, 0.15) is 25.3 Å². The van der Waals surface area contributed by atoms with Crippen molar-refractivity contribution >= 4 is 12.4 Å². The van der Waals surface area contributed by atoms with Crippen LogP contribution in [0.2, 0.25) is 0 Å². The van der Waals surface area contributed by atoms with Crippen LogP contribution >= 0.6 is 12.4 Å². The summed E-state index contributed by atoms with van der Waals surface area (Å²) in [7, 11) is 1.66. The molecule has 0 aromatic heterocycles. The van der Waals surface area contributed by atoms with Crippen LogP contribution in [-0.2, 0) is 6.42 Å². The van der Waals surface area contributed by atoms with Crippen molar-refractivity contribution in [3.63, 3.8) is 0 Å². The third-order valence-corrected chi connectivity index (χ3v) is 3.04. The number of halogens is 1. The first-order valence-electron chi connectivity index (χ1n) is 5.75. The van der Waals surface area contributed by atoms with Crippen LogP contribution in [0.5, 0.6) is 11.5 Å². The van der Waals surface area contributed by atoms with Gasteiger partial charge in [-0.05, 0) is 37.0 Å². The van der Waals surface area contributed by atoms with Crippen molar-refractivity contribution in [3.8, 4) is 11.5 Å². The summed E-state index contributed by atoms with van der Waals surface area (Å²) in [6, 6.07) is 6.04. The topological polar surface area (TPSA) is 44.5 Å². The molecule has 1 aliphatic rings. The molecule has 0 radical (unpaired) electrons. The number of benzene rings is 1. The Labute approximate surface area is 109 Å². The lowest BCUT2D eigenvalue weighted by Crippen LogP contribution is -2.29. The second-order valence-electron chi connectivity index (χ2n) is 4.49. The van der Waals surface area contributed by atoms with Crippen LogP contribution in [0.3, 0.4) is 0 Å². The number of aryl methyl sites for hydroxylation is 1. The number of rotatable bonds is 5. The summed E-state index contributed by atoms with van der Waals surface area (Å²) in [5, 5.41) is 0. The predicted octanol–water partition coefficient (Wildman–Crippen LogP) is 2.55. The third kappa shape index (κ3) is 3.51. The zero-order chi connectivity index (χ0) is 11.6. The van der Waals surface area contributed by atoms with Gasteiger partial charge in [-0.25, -0.2) is 0 Å². The Bertz CT molecular complexity index is 378. The van der Waals surface area contributed by atoms with Crippen LogP contribution in [-0.4, -0.2) is 19.3 Å². The maximum Gasteiger partial charge on any atom is 0.161 e. The second-order valence-corrected chi connectivity index (χ2v) is 4.49. The summed E-state index contributed by atoms with van der Waals surface area (Å²) in [5.41, 5.74) is 7.14. The minimum Gasteiger partial charge on any atom is -0.493 e. The van der Waals surface area contributed by atoms with Crippen molar-refractivity contribution < 1.29 is 9.47 Å². The van der Waals surface area contributed by atoms with Gasteiger partial charge in [0.15, 0.2) is 11.5 Å². The fourth-order valence-corrected chi connectivity index (χ4v) is 1.58. The molecule has 0 aliphatic heterocycles. The molecule has 2 rings (SSSR count). The Morgan fingerprint density at radius 1 is 1.29 bits per heavy atom. The van der Waals surface area contributed by atoms with Crippen LogP contribution < -0.4 is 15.2 Å². The molecule has 1 fully saturated rings. The zero-order valence-electron chi connectivity index (χ0n) is 10.4. The quantitative estimate of drug-likeness (QED) is 0.882. The normalized spacial score (nSPS) is 15.9. The van der Waals surface area contributed by atoms with Crippen molar-refractivity contribution in [3.05, 3.63) is 23.8 Å². The molecule has 0 bridgehead atoms. The lowest BCUT2D eigenvalue weighted by Gasteiger charge is -2.14. The molecular weight excluding hydrogens is 238 g/mol. The maximum atomic E-state index is 5.98. The number of hydrogen-bond acceptors (Lipinski definition) is 3. The molecule has 0 spiro atoms. The average molecular weight is 258 g/mol. The number of ether oxygens (including phenoxy) is 2. The summed E-state index contributed by atoms with van der Waals surface area (Å²) in [5.74, 6) is 1.58. The van der Waals surface area contributed by atoms with E-state index in [0.717, 1.165) is 30.8 Å². The van der Waals surface area contributed by atoms with E-state index < -0.39 is 0 Å². The van der Waals surface area contributed by atoms with Gasteiger partial charge in [0.25, 0.3) is 0 Å². The van der Waals surface area contributed by atoms with Gasteiger partial charge in [0.1, 0.15) is 6.61 Å². The van der Waals surface area contributed by atoms with Gasteiger partial charge >= 0.3 is 0 Å². The van der Waals surface area contributed by atoms with Gasteiger partial charge in [-0.15, -0.1) is 12.4 Å². The highest BCUT2D eigenvalue weighted by Crippen LogP contribution is 2.35. The first-order chi connectivity index (χ1) is 7.67. The first kappa shape index (κ1) is 14.1. The molecule has 96 valence electrons. The third-order valence-electron chi connectivity index (χ3n) is 3.04. The number of methoxy groups -OCH3 is 1.